The summed E-state index contributed by atoms with van der Waals surface area (Å²) in [4.78, 5) is 12.0. The molecule has 0 bridgehead atoms. The first kappa shape index (κ1) is 11.9. The topological polar surface area (TPSA) is 52.6 Å². The Hall–Kier alpha value is -2.15. The van der Waals surface area contributed by atoms with Gasteiger partial charge >= 0.3 is 6.09 Å². The second-order valence-corrected chi connectivity index (χ2v) is 3.24. The molecule has 1 aromatic rings. The van der Waals surface area contributed by atoms with Gasteiger partial charge in [-0.2, -0.15) is 0 Å². The van der Waals surface area contributed by atoms with Crippen LogP contribution in [0.5, 0.6) is 0 Å². The molecule has 1 rings (SSSR count). The van der Waals surface area contributed by atoms with E-state index < -0.39 is 6.09 Å². The fourth-order valence-corrected chi connectivity index (χ4v) is 1.29. The molecule has 0 saturated heterocycles. The number of rotatable bonds is 4. The highest BCUT2D eigenvalue weighted by Gasteiger charge is 2.11. The first-order valence-corrected chi connectivity index (χ1v) is 4.90. The molecule has 0 aromatic heterocycles. The van der Waals surface area contributed by atoms with Crippen molar-refractivity contribution in [3.8, 4) is 12.3 Å². The van der Waals surface area contributed by atoms with Gasteiger partial charge in [0.25, 0.3) is 0 Å². The molecule has 0 atom stereocenters. The van der Waals surface area contributed by atoms with Crippen LogP contribution in [-0.4, -0.2) is 24.8 Å². The minimum Gasteiger partial charge on any atom is -0.465 e. The number of benzene rings is 1. The van der Waals surface area contributed by atoms with Crippen LogP contribution in [0.4, 0.5) is 16.2 Å². The van der Waals surface area contributed by atoms with Crippen LogP contribution in [0.1, 0.15) is 6.42 Å². The quantitative estimate of drug-likeness (QED) is 0.602. The van der Waals surface area contributed by atoms with Crippen LogP contribution < -0.4 is 10.2 Å². The van der Waals surface area contributed by atoms with Gasteiger partial charge in [-0.25, -0.2) is 4.79 Å². The summed E-state index contributed by atoms with van der Waals surface area (Å²) in [5.41, 5.74) is 1.38. The highest BCUT2D eigenvalue weighted by Crippen LogP contribution is 2.24. The SMILES string of the molecule is C#CCCNc1ccccc1N(C)C(=O)O. The van der Waals surface area contributed by atoms with Gasteiger partial charge < -0.3 is 10.4 Å². The van der Waals surface area contributed by atoms with E-state index in [-0.39, 0.29) is 0 Å². The zero-order valence-electron chi connectivity index (χ0n) is 9.10. The molecule has 4 heteroatoms. The molecule has 1 amide bonds. The number of para-hydroxylation sites is 2. The van der Waals surface area contributed by atoms with Crippen molar-refractivity contribution in [2.45, 2.75) is 6.42 Å². The Labute approximate surface area is 94.9 Å². The van der Waals surface area contributed by atoms with Gasteiger partial charge in [0, 0.05) is 20.0 Å². The van der Waals surface area contributed by atoms with Crippen LogP contribution in [0, 0.1) is 12.3 Å². The van der Waals surface area contributed by atoms with Crippen LogP contribution >= 0.6 is 0 Å². The van der Waals surface area contributed by atoms with Crippen molar-refractivity contribution in [2.75, 3.05) is 23.8 Å². The third kappa shape index (κ3) is 2.92. The molecule has 84 valence electrons. The first-order chi connectivity index (χ1) is 7.66. The van der Waals surface area contributed by atoms with Gasteiger partial charge in [0.2, 0.25) is 0 Å². The summed E-state index contributed by atoms with van der Waals surface area (Å²) in [6.07, 6.45) is 4.75. The summed E-state index contributed by atoms with van der Waals surface area (Å²) in [6.45, 7) is 0.626. The maximum absolute atomic E-state index is 10.8. The van der Waals surface area contributed by atoms with Crippen molar-refractivity contribution in [3.63, 3.8) is 0 Å². The molecule has 0 fully saturated rings. The highest BCUT2D eigenvalue weighted by molar-refractivity contribution is 5.90. The summed E-state index contributed by atoms with van der Waals surface area (Å²) in [5, 5.41) is 12.0. The van der Waals surface area contributed by atoms with E-state index in [0.717, 1.165) is 10.6 Å². The van der Waals surface area contributed by atoms with Gasteiger partial charge in [-0.15, -0.1) is 12.3 Å². The van der Waals surface area contributed by atoms with E-state index >= 15 is 0 Å². The van der Waals surface area contributed by atoms with E-state index in [2.05, 4.69) is 11.2 Å². The molecule has 16 heavy (non-hydrogen) atoms. The predicted molar refractivity (Wildman–Crippen MR) is 64.8 cm³/mol. The van der Waals surface area contributed by atoms with Gasteiger partial charge in [-0.1, -0.05) is 12.1 Å². The minimum absolute atomic E-state index is 0.602. The summed E-state index contributed by atoms with van der Waals surface area (Å²) in [7, 11) is 1.50. The minimum atomic E-state index is -0.994. The number of amides is 1. The highest BCUT2D eigenvalue weighted by atomic mass is 16.4. The average molecular weight is 218 g/mol. The lowest BCUT2D eigenvalue weighted by molar-refractivity contribution is 0.203. The fraction of sp³-hybridized carbons (Fsp3) is 0.250. The average Bonchev–Trinajstić information content (AvgIpc) is 2.29. The van der Waals surface area contributed by atoms with Gasteiger partial charge in [-0.3, -0.25) is 4.90 Å². The number of hydrogen-bond donors (Lipinski definition) is 2. The Balaban J connectivity index is 2.83. The molecule has 4 nitrogen and oxygen atoms in total. The molecule has 0 heterocycles. The van der Waals surface area contributed by atoms with Crippen molar-refractivity contribution in [1.82, 2.24) is 0 Å². The maximum atomic E-state index is 10.8. The standard InChI is InChI=1S/C12H14N2O2/c1-3-4-9-13-10-7-5-6-8-11(10)14(2)12(15)16/h1,5-8,13H,4,9H2,2H3,(H,15,16). The normalized spacial score (nSPS) is 9.25. The third-order valence-corrected chi connectivity index (χ3v) is 2.14. The Morgan fingerprint density at radius 2 is 2.25 bits per heavy atom. The molecule has 2 N–H and O–H groups in total. The number of carbonyl (C=O) groups is 1. The van der Waals surface area contributed by atoms with Crippen molar-refractivity contribution >= 4 is 17.5 Å². The molecule has 0 aliphatic heterocycles. The van der Waals surface area contributed by atoms with Crippen LogP contribution in [0.25, 0.3) is 0 Å². The second-order valence-electron chi connectivity index (χ2n) is 3.24. The van der Waals surface area contributed by atoms with E-state index in [4.69, 9.17) is 11.5 Å². The summed E-state index contributed by atoms with van der Waals surface area (Å²) in [6, 6.07) is 7.20. The molecule has 0 aliphatic rings. The summed E-state index contributed by atoms with van der Waals surface area (Å²) in [5.74, 6) is 2.52. The molecule has 0 radical (unpaired) electrons. The van der Waals surface area contributed by atoms with Gasteiger partial charge in [0.05, 0.1) is 11.4 Å². The Kier molecular flexibility index (Phi) is 4.22. The Morgan fingerprint density at radius 1 is 1.56 bits per heavy atom. The maximum Gasteiger partial charge on any atom is 0.411 e. The Bertz CT molecular complexity index is 410. The number of carboxylic acid groups (broad SMARTS) is 1. The van der Waals surface area contributed by atoms with Crippen LogP contribution in [-0.2, 0) is 0 Å². The van der Waals surface area contributed by atoms with Crippen LogP contribution in [0.15, 0.2) is 24.3 Å². The number of nitrogens with one attached hydrogen (secondary N) is 1. The van der Waals surface area contributed by atoms with Gasteiger partial charge in [0.1, 0.15) is 0 Å². The van der Waals surface area contributed by atoms with E-state index in [1.807, 2.05) is 12.1 Å². The number of hydrogen-bond acceptors (Lipinski definition) is 2. The monoisotopic (exact) mass is 218 g/mol. The Morgan fingerprint density at radius 3 is 2.88 bits per heavy atom. The molecule has 0 aliphatic carbocycles. The van der Waals surface area contributed by atoms with E-state index in [1.54, 1.807) is 12.1 Å². The predicted octanol–water partition coefficient (Wildman–Crippen LogP) is 2.24. The number of nitrogens with zero attached hydrogens (tertiary/aromatic N) is 1. The third-order valence-electron chi connectivity index (χ3n) is 2.14. The largest absolute Gasteiger partial charge is 0.465 e. The molecule has 0 spiro atoms. The lowest BCUT2D eigenvalue weighted by Gasteiger charge is -2.18. The second kappa shape index (κ2) is 5.66. The summed E-state index contributed by atoms with van der Waals surface area (Å²) < 4.78 is 0. The van der Waals surface area contributed by atoms with Crippen molar-refractivity contribution in [1.29, 1.82) is 0 Å². The first-order valence-electron chi connectivity index (χ1n) is 4.90. The van der Waals surface area contributed by atoms with E-state index in [9.17, 15) is 4.79 Å². The lowest BCUT2D eigenvalue weighted by Crippen LogP contribution is -2.24. The number of terminal acetylenes is 1. The van der Waals surface area contributed by atoms with Crippen molar-refractivity contribution in [2.24, 2.45) is 0 Å². The van der Waals surface area contributed by atoms with Crippen LogP contribution in [0.2, 0.25) is 0 Å². The molecule has 0 saturated carbocycles. The lowest BCUT2D eigenvalue weighted by atomic mass is 10.2. The zero-order valence-corrected chi connectivity index (χ0v) is 9.10. The van der Waals surface area contributed by atoms with Gasteiger partial charge in [0.15, 0.2) is 0 Å². The fourth-order valence-electron chi connectivity index (χ4n) is 1.29. The number of anilines is 2. The van der Waals surface area contributed by atoms with E-state index in [1.165, 1.54) is 7.05 Å². The van der Waals surface area contributed by atoms with E-state index in [0.29, 0.717) is 18.7 Å². The molecular weight excluding hydrogens is 204 g/mol. The smallest absolute Gasteiger partial charge is 0.411 e. The molecular formula is C12H14N2O2. The molecule has 0 unspecified atom stereocenters. The zero-order chi connectivity index (χ0) is 12.0. The van der Waals surface area contributed by atoms with Crippen LogP contribution in [0.3, 0.4) is 0 Å². The van der Waals surface area contributed by atoms with Crippen molar-refractivity contribution < 1.29 is 9.90 Å². The molecule has 1 aromatic carbocycles. The van der Waals surface area contributed by atoms with Crippen molar-refractivity contribution in [3.05, 3.63) is 24.3 Å². The summed E-state index contributed by atoms with van der Waals surface area (Å²) >= 11 is 0. The van der Waals surface area contributed by atoms with Gasteiger partial charge in [-0.05, 0) is 12.1 Å².